The number of H-pyrrole nitrogens is 1. The number of amides is 2. The highest BCUT2D eigenvalue weighted by Crippen LogP contribution is 2.23. The molecule has 1 aliphatic rings. The number of carbonyl (C=O) groups excluding carboxylic acids is 2. The number of hydrogen-bond donors (Lipinski definition) is 4. The molecule has 0 aliphatic carbocycles. The molecule has 25 heavy (non-hydrogen) atoms. The average Bonchev–Trinajstić information content (AvgIpc) is 3.23. The zero-order valence-electron chi connectivity index (χ0n) is 13.2. The summed E-state index contributed by atoms with van der Waals surface area (Å²) in [7, 11) is 0. The minimum Gasteiger partial charge on any atom is -0.364 e. The summed E-state index contributed by atoms with van der Waals surface area (Å²) in [6.45, 7) is 0.612. The third-order valence-electron chi connectivity index (χ3n) is 4.16. The molecule has 1 saturated heterocycles. The van der Waals surface area contributed by atoms with Crippen LogP contribution in [0.3, 0.4) is 0 Å². The molecule has 2 amide bonds. The average molecular weight is 336 g/mol. The van der Waals surface area contributed by atoms with Gasteiger partial charge < -0.3 is 21.4 Å². The summed E-state index contributed by atoms with van der Waals surface area (Å²) in [5.41, 5.74) is 7.25. The normalized spacial score (nSPS) is 16.8. The van der Waals surface area contributed by atoms with Gasteiger partial charge in [-0.05, 0) is 30.7 Å². The molecular formula is C17H16N6O2. The second-order valence-corrected chi connectivity index (χ2v) is 5.88. The third-order valence-corrected chi connectivity index (χ3v) is 4.16. The van der Waals surface area contributed by atoms with E-state index in [-0.39, 0.29) is 17.6 Å². The largest absolute Gasteiger partial charge is 0.364 e. The molecular weight excluding hydrogens is 320 g/mol. The summed E-state index contributed by atoms with van der Waals surface area (Å²) < 4.78 is 0. The molecule has 126 valence electrons. The minimum atomic E-state index is -0.648. The molecule has 8 nitrogen and oxygen atoms in total. The molecule has 1 fully saturated rings. The zero-order valence-corrected chi connectivity index (χ0v) is 13.2. The molecule has 1 aliphatic heterocycles. The van der Waals surface area contributed by atoms with Crippen molar-refractivity contribution >= 4 is 28.5 Å². The van der Waals surface area contributed by atoms with E-state index in [0.717, 1.165) is 16.5 Å². The van der Waals surface area contributed by atoms with Gasteiger partial charge in [0.05, 0.1) is 0 Å². The van der Waals surface area contributed by atoms with Gasteiger partial charge in [-0.2, -0.15) is 0 Å². The van der Waals surface area contributed by atoms with Crippen LogP contribution in [0.15, 0.2) is 36.5 Å². The fourth-order valence-electron chi connectivity index (χ4n) is 2.88. The summed E-state index contributed by atoms with van der Waals surface area (Å²) in [4.78, 5) is 35.2. The van der Waals surface area contributed by atoms with Gasteiger partial charge in [0.2, 0.25) is 5.91 Å². The van der Waals surface area contributed by atoms with Gasteiger partial charge in [-0.3, -0.25) is 9.59 Å². The van der Waals surface area contributed by atoms with Gasteiger partial charge in [0.1, 0.15) is 17.6 Å². The molecule has 3 heterocycles. The lowest BCUT2D eigenvalue weighted by molar-refractivity contribution is -0.119. The van der Waals surface area contributed by atoms with E-state index in [1.165, 1.54) is 6.07 Å². The van der Waals surface area contributed by atoms with Gasteiger partial charge in [0.25, 0.3) is 5.91 Å². The van der Waals surface area contributed by atoms with E-state index >= 15 is 0 Å². The zero-order chi connectivity index (χ0) is 17.4. The van der Waals surface area contributed by atoms with Crippen molar-refractivity contribution in [2.24, 2.45) is 5.73 Å². The maximum Gasteiger partial charge on any atom is 0.267 e. The van der Waals surface area contributed by atoms with Crippen molar-refractivity contribution < 1.29 is 9.59 Å². The lowest BCUT2D eigenvalue weighted by atomic mass is 10.1. The van der Waals surface area contributed by atoms with Gasteiger partial charge in [0, 0.05) is 35.3 Å². The Labute approximate surface area is 142 Å². The van der Waals surface area contributed by atoms with Crippen LogP contribution in [0.25, 0.3) is 22.3 Å². The predicted octanol–water partition coefficient (Wildman–Crippen LogP) is 1.02. The molecule has 0 unspecified atom stereocenters. The quantitative estimate of drug-likeness (QED) is 0.566. The lowest BCUT2D eigenvalue weighted by Gasteiger charge is -2.12. The molecule has 8 heteroatoms. The SMILES string of the molecule is NC(=O)c1cc(N[C@H]2CCNC2=O)nc(-c2ccc3[nH]ccc3c2)n1. The molecule has 0 saturated carbocycles. The molecule has 1 atom stereocenters. The van der Waals surface area contributed by atoms with Crippen LogP contribution in [0.5, 0.6) is 0 Å². The molecule has 0 bridgehead atoms. The highest BCUT2D eigenvalue weighted by Gasteiger charge is 2.24. The van der Waals surface area contributed by atoms with Crippen LogP contribution in [-0.2, 0) is 4.79 Å². The van der Waals surface area contributed by atoms with E-state index in [9.17, 15) is 9.59 Å². The van der Waals surface area contributed by atoms with E-state index in [1.807, 2.05) is 30.5 Å². The van der Waals surface area contributed by atoms with Gasteiger partial charge >= 0.3 is 0 Å². The van der Waals surface area contributed by atoms with E-state index < -0.39 is 5.91 Å². The Bertz CT molecular complexity index is 980. The van der Waals surface area contributed by atoms with Crippen LogP contribution in [0.1, 0.15) is 16.9 Å². The number of nitrogens with two attached hydrogens (primary N) is 1. The number of nitrogens with one attached hydrogen (secondary N) is 3. The number of benzene rings is 1. The number of fused-ring (bicyclic) bond motifs is 1. The number of nitrogens with zero attached hydrogens (tertiary/aromatic N) is 2. The minimum absolute atomic E-state index is 0.0884. The van der Waals surface area contributed by atoms with E-state index in [1.54, 1.807) is 0 Å². The molecule has 0 radical (unpaired) electrons. The first-order valence-corrected chi connectivity index (χ1v) is 7.91. The van der Waals surface area contributed by atoms with Crippen molar-refractivity contribution in [3.8, 4) is 11.4 Å². The molecule has 4 rings (SSSR count). The first-order valence-electron chi connectivity index (χ1n) is 7.91. The molecule has 5 N–H and O–H groups in total. The van der Waals surface area contributed by atoms with Crippen LogP contribution in [0.4, 0.5) is 5.82 Å². The molecule has 2 aromatic heterocycles. The molecule has 0 spiro atoms. The fraction of sp³-hybridized carbons (Fsp3) is 0.176. The van der Waals surface area contributed by atoms with Crippen LogP contribution in [0, 0.1) is 0 Å². The van der Waals surface area contributed by atoms with Crippen molar-refractivity contribution in [2.75, 3.05) is 11.9 Å². The Balaban J connectivity index is 1.75. The van der Waals surface area contributed by atoms with Crippen LogP contribution in [-0.4, -0.2) is 39.4 Å². The van der Waals surface area contributed by atoms with Crippen LogP contribution >= 0.6 is 0 Å². The summed E-state index contributed by atoms with van der Waals surface area (Å²) in [6, 6.07) is 8.74. The van der Waals surface area contributed by atoms with Crippen molar-refractivity contribution in [3.05, 3.63) is 42.2 Å². The van der Waals surface area contributed by atoms with Gasteiger partial charge in [-0.25, -0.2) is 9.97 Å². The molecule has 3 aromatic rings. The monoisotopic (exact) mass is 336 g/mol. The Hall–Kier alpha value is -3.42. The maximum atomic E-state index is 11.8. The third kappa shape index (κ3) is 2.89. The van der Waals surface area contributed by atoms with Crippen molar-refractivity contribution in [1.82, 2.24) is 20.3 Å². The van der Waals surface area contributed by atoms with Crippen molar-refractivity contribution in [1.29, 1.82) is 0 Å². The number of hydrogen-bond acceptors (Lipinski definition) is 5. The van der Waals surface area contributed by atoms with Crippen LogP contribution < -0.4 is 16.4 Å². The van der Waals surface area contributed by atoms with Gasteiger partial charge in [-0.15, -0.1) is 0 Å². The number of rotatable bonds is 4. The van der Waals surface area contributed by atoms with Crippen LogP contribution in [0.2, 0.25) is 0 Å². The fourth-order valence-corrected chi connectivity index (χ4v) is 2.88. The summed E-state index contributed by atoms with van der Waals surface area (Å²) in [5, 5.41) is 6.81. The standard InChI is InChI=1S/C17H16N6O2/c18-15(24)13-8-14(21-12-4-6-20-17(12)25)23-16(22-13)10-1-2-11-9(7-10)3-5-19-11/h1-3,5,7-8,12,19H,4,6H2,(H2,18,24)(H,20,25)(H,21,22,23)/t12-/m0/s1. The predicted molar refractivity (Wildman–Crippen MR) is 92.9 cm³/mol. The van der Waals surface area contributed by atoms with E-state index in [4.69, 9.17) is 5.73 Å². The van der Waals surface area contributed by atoms with E-state index in [2.05, 4.69) is 25.6 Å². The van der Waals surface area contributed by atoms with Crippen molar-refractivity contribution in [3.63, 3.8) is 0 Å². The number of aromatic nitrogens is 3. The van der Waals surface area contributed by atoms with E-state index in [0.29, 0.717) is 24.6 Å². The van der Waals surface area contributed by atoms with Crippen molar-refractivity contribution in [2.45, 2.75) is 12.5 Å². The summed E-state index contributed by atoms with van der Waals surface area (Å²) in [5.74, 6) is 0.0372. The Morgan fingerprint density at radius 2 is 2.12 bits per heavy atom. The first kappa shape index (κ1) is 15.1. The Morgan fingerprint density at radius 1 is 1.24 bits per heavy atom. The highest BCUT2D eigenvalue weighted by molar-refractivity contribution is 5.93. The number of aromatic amines is 1. The Morgan fingerprint density at radius 3 is 2.88 bits per heavy atom. The topological polar surface area (TPSA) is 126 Å². The number of carbonyl (C=O) groups is 2. The number of primary amides is 1. The second kappa shape index (κ2) is 5.90. The first-order chi connectivity index (χ1) is 12.1. The van der Waals surface area contributed by atoms with Gasteiger partial charge in [-0.1, -0.05) is 0 Å². The highest BCUT2D eigenvalue weighted by atomic mass is 16.2. The molecule has 1 aromatic carbocycles. The smallest absolute Gasteiger partial charge is 0.267 e. The van der Waals surface area contributed by atoms with Gasteiger partial charge in [0.15, 0.2) is 5.82 Å². The Kier molecular flexibility index (Phi) is 3.57. The summed E-state index contributed by atoms with van der Waals surface area (Å²) in [6.07, 6.45) is 2.50. The summed E-state index contributed by atoms with van der Waals surface area (Å²) >= 11 is 0. The second-order valence-electron chi connectivity index (χ2n) is 5.88. The maximum absolute atomic E-state index is 11.8. The lowest BCUT2D eigenvalue weighted by Crippen LogP contribution is -2.30. The number of anilines is 1.